The van der Waals surface area contributed by atoms with Crippen LogP contribution in [0.5, 0.6) is 5.75 Å². The number of nitrogens with zero attached hydrogens (tertiary/aromatic N) is 3. The van der Waals surface area contributed by atoms with Crippen LogP contribution in [0.2, 0.25) is 0 Å². The molecule has 0 saturated carbocycles. The summed E-state index contributed by atoms with van der Waals surface area (Å²) in [4.78, 5) is 20.4. The number of carbonyl (C=O) groups excluding carboxylic acids is 1. The Balaban J connectivity index is 2.01. The van der Waals surface area contributed by atoms with Crippen molar-refractivity contribution < 1.29 is 14.3 Å². The fourth-order valence-corrected chi connectivity index (χ4v) is 2.44. The molecular weight excluding hydrogens is 282 g/mol. The molecule has 1 aromatic rings. The molecule has 1 aliphatic heterocycles. The van der Waals surface area contributed by atoms with Gasteiger partial charge in [0.2, 0.25) is 0 Å². The van der Waals surface area contributed by atoms with E-state index < -0.39 is 5.60 Å². The summed E-state index contributed by atoms with van der Waals surface area (Å²) in [6.07, 6.45) is 1.53. The van der Waals surface area contributed by atoms with Crippen LogP contribution >= 0.6 is 0 Å². The Morgan fingerprint density at radius 2 is 1.86 bits per heavy atom. The van der Waals surface area contributed by atoms with Crippen molar-refractivity contribution in [3.05, 3.63) is 17.8 Å². The standard InChI is InChI=1S/C16H25N3O3/c1-12-6-7-17-14(13(12)21-5)18-8-10-19(11-9-18)15(20)22-16(2,3)4/h6-7H,8-11H2,1-5H3. The predicted molar refractivity (Wildman–Crippen MR) is 85.5 cm³/mol. The highest BCUT2D eigenvalue weighted by Crippen LogP contribution is 2.29. The van der Waals surface area contributed by atoms with Gasteiger partial charge < -0.3 is 19.3 Å². The van der Waals surface area contributed by atoms with E-state index in [1.807, 2.05) is 33.8 Å². The lowest BCUT2D eigenvalue weighted by molar-refractivity contribution is 0.0240. The van der Waals surface area contributed by atoms with Crippen molar-refractivity contribution in [1.82, 2.24) is 9.88 Å². The van der Waals surface area contributed by atoms with Gasteiger partial charge in [-0.2, -0.15) is 0 Å². The topological polar surface area (TPSA) is 54.9 Å². The number of hydrogen-bond donors (Lipinski definition) is 0. The summed E-state index contributed by atoms with van der Waals surface area (Å²) in [5, 5.41) is 0. The van der Waals surface area contributed by atoms with Gasteiger partial charge in [-0.1, -0.05) is 0 Å². The second-order valence-corrected chi connectivity index (χ2v) is 6.44. The molecule has 2 heterocycles. The molecule has 2 rings (SSSR count). The normalized spacial score (nSPS) is 15.7. The maximum absolute atomic E-state index is 12.1. The molecule has 1 amide bonds. The molecule has 0 unspecified atom stereocenters. The largest absolute Gasteiger partial charge is 0.493 e. The molecule has 22 heavy (non-hydrogen) atoms. The third kappa shape index (κ3) is 3.81. The van der Waals surface area contributed by atoms with Crippen molar-refractivity contribution in [1.29, 1.82) is 0 Å². The molecule has 6 nitrogen and oxygen atoms in total. The molecule has 0 radical (unpaired) electrons. The van der Waals surface area contributed by atoms with Crippen LogP contribution < -0.4 is 9.64 Å². The zero-order valence-corrected chi connectivity index (χ0v) is 14.0. The second-order valence-electron chi connectivity index (χ2n) is 6.44. The van der Waals surface area contributed by atoms with Gasteiger partial charge in [0.25, 0.3) is 0 Å². The number of hydrogen-bond acceptors (Lipinski definition) is 5. The molecule has 6 heteroatoms. The van der Waals surface area contributed by atoms with E-state index in [1.54, 1.807) is 18.2 Å². The molecule has 0 bridgehead atoms. The molecule has 1 aromatic heterocycles. The second kappa shape index (κ2) is 6.42. The Kier molecular flexibility index (Phi) is 4.78. The van der Waals surface area contributed by atoms with Crippen molar-refractivity contribution in [2.45, 2.75) is 33.3 Å². The van der Waals surface area contributed by atoms with Crippen molar-refractivity contribution in [2.75, 3.05) is 38.2 Å². The summed E-state index contributed by atoms with van der Waals surface area (Å²) in [7, 11) is 1.66. The maximum atomic E-state index is 12.1. The van der Waals surface area contributed by atoms with Gasteiger partial charge in [-0.15, -0.1) is 0 Å². The van der Waals surface area contributed by atoms with Crippen molar-refractivity contribution in [3.63, 3.8) is 0 Å². The van der Waals surface area contributed by atoms with Crippen LogP contribution in [0.15, 0.2) is 12.3 Å². The zero-order valence-electron chi connectivity index (χ0n) is 14.0. The van der Waals surface area contributed by atoms with Crippen LogP contribution in [0.3, 0.4) is 0 Å². The number of piperazine rings is 1. The van der Waals surface area contributed by atoms with Crippen LogP contribution in [0.25, 0.3) is 0 Å². The summed E-state index contributed by atoms with van der Waals surface area (Å²) >= 11 is 0. The minimum atomic E-state index is -0.463. The van der Waals surface area contributed by atoms with Gasteiger partial charge in [-0.3, -0.25) is 0 Å². The molecular formula is C16H25N3O3. The first-order valence-electron chi connectivity index (χ1n) is 7.54. The molecule has 1 fully saturated rings. The molecule has 0 N–H and O–H groups in total. The van der Waals surface area contributed by atoms with Crippen LogP contribution in [-0.4, -0.2) is 54.9 Å². The lowest BCUT2D eigenvalue weighted by atomic mass is 10.2. The number of rotatable bonds is 2. The summed E-state index contributed by atoms with van der Waals surface area (Å²) in [6.45, 7) is 10.3. The fourth-order valence-electron chi connectivity index (χ4n) is 2.44. The van der Waals surface area contributed by atoms with E-state index >= 15 is 0 Å². The minimum absolute atomic E-state index is 0.253. The number of pyridine rings is 1. The fraction of sp³-hybridized carbons (Fsp3) is 0.625. The Bertz CT molecular complexity index is 532. The lowest BCUT2D eigenvalue weighted by Crippen LogP contribution is -2.50. The van der Waals surface area contributed by atoms with Gasteiger partial charge in [0.1, 0.15) is 5.60 Å². The summed E-state index contributed by atoms with van der Waals surface area (Å²) in [6, 6.07) is 1.93. The molecule has 1 saturated heterocycles. The zero-order chi connectivity index (χ0) is 16.3. The van der Waals surface area contributed by atoms with Crippen LogP contribution in [0.4, 0.5) is 10.6 Å². The first kappa shape index (κ1) is 16.4. The number of ether oxygens (including phenoxy) is 2. The molecule has 0 aliphatic carbocycles. The predicted octanol–water partition coefficient (Wildman–Crippen LogP) is 2.46. The van der Waals surface area contributed by atoms with E-state index in [2.05, 4.69) is 9.88 Å². The average Bonchev–Trinajstić information content (AvgIpc) is 2.45. The molecule has 0 aromatic carbocycles. The third-order valence-electron chi connectivity index (χ3n) is 3.52. The minimum Gasteiger partial charge on any atom is -0.493 e. The van der Waals surface area contributed by atoms with Gasteiger partial charge in [0, 0.05) is 32.4 Å². The highest BCUT2D eigenvalue weighted by Gasteiger charge is 2.27. The van der Waals surface area contributed by atoms with Crippen molar-refractivity contribution in [3.8, 4) is 5.75 Å². The Hall–Kier alpha value is -1.98. The first-order valence-corrected chi connectivity index (χ1v) is 7.54. The van der Waals surface area contributed by atoms with Crippen molar-refractivity contribution in [2.24, 2.45) is 0 Å². The molecule has 0 spiro atoms. The Morgan fingerprint density at radius 3 is 2.41 bits per heavy atom. The van der Waals surface area contributed by atoms with Gasteiger partial charge >= 0.3 is 6.09 Å². The monoisotopic (exact) mass is 307 g/mol. The SMILES string of the molecule is COc1c(C)ccnc1N1CCN(C(=O)OC(C)(C)C)CC1. The van der Waals surface area contributed by atoms with Gasteiger partial charge in [0.15, 0.2) is 11.6 Å². The maximum Gasteiger partial charge on any atom is 0.410 e. The quantitative estimate of drug-likeness (QED) is 0.840. The lowest BCUT2D eigenvalue weighted by Gasteiger charge is -2.36. The van der Waals surface area contributed by atoms with Gasteiger partial charge in [-0.05, 0) is 39.3 Å². The van der Waals surface area contributed by atoms with Crippen molar-refractivity contribution >= 4 is 11.9 Å². The molecule has 0 atom stereocenters. The van der Waals surface area contributed by atoms with Crippen LogP contribution in [0.1, 0.15) is 26.3 Å². The number of anilines is 1. The smallest absolute Gasteiger partial charge is 0.410 e. The Morgan fingerprint density at radius 1 is 1.23 bits per heavy atom. The number of amides is 1. The first-order chi connectivity index (χ1) is 10.3. The highest BCUT2D eigenvalue weighted by atomic mass is 16.6. The van der Waals surface area contributed by atoms with Gasteiger partial charge in [0.05, 0.1) is 7.11 Å². The molecule has 122 valence electrons. The Labute approximate surface area is 132 Å². The molecule has 1 aliphatic rings. The van der Waals surface area contributed by atoms with Crippen LogP contribution in [-0.2, 0) is 4.74 Å². The van der Waals surface area contributed by atoms with E-state index in [0.29, 0.717) is 26.2 Å². The average molecular weight is 307 g/mol. The summed E-state index contributed by atoms with van der Waals surface area (Å²) in [5.41, 5.74) is 0.595. The van der Waals surface area contributed by atoms with E-state index in [4.69, 9.17) is 9.47 Å². The summed E-state index contributed by atoms with van der Waals surface area (Å²) in [5.74, 6) is 1.64. The van der Waals surface area contributed by atoms with E-state index in [0.717, 1.165) is 17.1 Å². The highest BCUT2D eigenvalue weighted by molar-refractivity contribution is 5.68. The number of aryl methyl sites for hydroxylation is 1. The van der Waals surface area contributed by atoms with E-state index in [1.165, 1.54) is 0 Å². The number of methoxy groups -OCH3 is 1. The number of aromatic nitrogens is 1. The number of carbonyl (C=O) groups is 1. The summed E-state index contributed by atoms with van der Waals surface area (Å²) < 4.78 is 10.9. The van der Waals surface area contributed by atoms with Gasteiger partial charge in [-0.25, -0.2) is 9.78 Å². The van der Waals surface area contributed by atoms with Crippen LogP contribution in [0, 0.1) is 6.92 Å². The third-order valence-corrected chi connectivity index (χ3v) is 3.52. The van der Waals surface area contributed by atoms with E-state index in [-0.39, 0.29) is 6.09 Å². The van der Waals surface area contributed by atoms with E-state index in [9.17, 15) is 4.79 Å².